The highest BCUT2D eigenvalue weighted by Gasteiger charge is 2.22. The van der Waals surface area contributed by atoms with Crippen molar-refractivity contribution in [3.63, 3.8) is 0 Å². The lowest BCUT2D eigenvalue weighted by Crippen LogP contribution is -2.20. The van der Waals surface area contributed by atoms with Gasteiger partial charge in [0.15, 0.2) is 0 Å². The van der Waals surface area contributed by atoms with E-state index in [4.69, 9.17) is 0 Å². The lowest BCUT2D eigenvalue weighted by atomic mass is 9.89. The van der Waals surface area contributed by atoms with Gasteiger partial charge in [-0.2, -0.15) is 0 Å². The Bertz CT molecular complexity index is 728. The molecule has 3 rings (SSSR count). The van der Waals surface area contributed by atoms with Crippen LogP contribution in [0.15, 0.2) is 54.3 Å². The Labute approximate surface area is 117 Å². The zero-order chi connectivity index (χ0) is 14.3. The molecule has 0 aromatic heterocycles. The Morgan fingerprint density at radius 3 is 2.60 bits per heavy atom. The highest BCUT2D eigenvalue weighted by atomic mass is 16.3. The van der Waals surface area contributed by atoms with Gasteiger partial charge in [0, 0.05) is 11.3 Å². The van der Waals surface area contributed by atoms with Crippen LogP contribution in [0.2, 0.25) is 0 Å². The Morgan fingerprint density at radius 1 is 1.05 bits per heavy atom. The van der Waals surface area contributed by atoms with Crippen LogP contribution in [0.25, 0.3) is 16.3 Å². The third-order valence-corrected chi connectivity index (χ3v) is 3.82. The van der Waals surface area contributed by atoms with Crippen molar-refractivity contribution < 1.29 is 15.3 Å². The summed E-state index contributed by atoms with van der Waals surface area (Å²) >= 11 is 0. The number of phenols is 1. The van der Waals surface area contributed by atoms with Crippen molar-refractivity contribution in [2.45, 2.75) is 13.0 Å². The second-order valence-electron chi connectivity index (χ2n) is 5.18. The molecule has 3 N–H and O–H groups in total. The molecule has 3 heteroatoms. The van der Waals surface area contributed by atoms with Crippen LogP contribution in [0.5, 0.6) is 5.75 Å². The molecule has 0 fully saturated rings. The van der Waals surface area contributed by atoms with Crippen molar-refractivity contribution in [3.8, 4) is 5.75 Å². The van der Waals surface area contributed by atoms with Crippen molar-refractivity contribution >= 4 is 16.3 Å². The van der Waals surface area contributed by atoms with Crippen molar-refractivity contribution in [3.05, 3.63) is 59.9 Å². The average Bonchev–Trinajstić information content (AvgIpc) is 2.44. The second-order valence-corrected chi connectivity index (χ2v) is 5.18. The minimum absolute atomic E-state index is 0.174. The van der Waals surface area contributed by atoms with Gasteiger partial charge in [0.2, 0.25) is 0 Å². The molecular weight excluding hydrogens is 252 g/mol. The van der Waals surface area contributed by atoms with E-state index in [1.807, 2.05) is 24.3 Å². The van der Waals surface area contributed by atoms with E-state index in [1.54, 1.807) is 31.2 Å². The first-order valence-corrected chi connectivity index (χ1v) is 6.59. The van der Waals surface area contributed by atoms with Gasteiger partial charge in [-0.25, -0.2) is 0 Å². The van der Waals surface area contributed by atoms with Gasteiger partial charge in [-0.05, 0) is 40.8 Å². The number of aliphatic hydroxyl groups is 2. The van der Waals surface area contributed by atoms with Gasteiger partial charge in [-0.15, -0.1) is 0 Å². The average molecular weight is 268 g/mol. The summed E-state index contributed by atoms with van der Waals surface area (Å²) in [4.78, 5) is 0. The topological polar surface area (TPSA) is 60.7 Å². The number of benzene rings is 2. The number of hydrogen-bond donors (Lipinski definition) is 3. The highest BCUT2D eigenvalue weighted by Crippen LogP contribution is 2.32. The Hall–Kier alpha value is -2.26. The monoisotopic (exact) mass is 268 g/mol. The van der Waals surface area contributed by atoms with Crippen LogP contribution in [0, 0.1) is 5.92 Å². The predicted molar refractivity (Wildman–Crippen MR) is 79.5 cm³/mol. The first-order valence-electron chi connectivity index (χ1n) is 6.59. The summed E-state index contributed by atoms with van der Waals surface area (Å²) in [7, 11) is 0. The zero-order valence-corrected chi connectivity index (χ0v) is 11.1. The number of aliphatic hydroxyl groups excluding tert-OH is 2. The van der Waals surface area contributed by atoms with E-state index in [1.165, 1.54) is 0 Å². The van der Waals surface area contributed by atoms with Gasteiger partial charge in [0.25, 0.3) is 0 Å². The minimum Gasteiger partial charge on any atom is -0.512 e. The van der Waals surface area contributed by atoms with Crippen molar-refractivity contribution in [2.24, 2.45) is 5.92 Å². The van der Waals surface area contributed by atoms with E-state index in [0.29, 0.717) is 0 Å². The molecule has 0 amide bonds. The van der Waals surface area contributed by atoms with E-state index in [0.717, 1.165) is 21.9 Å². The van der Waals surface area contributed by atoms with E-state index in [2.05, 4.69) is 0 Å². The third-order valence-electron chi connectivity index (χ3n) is 3.82. The first kappa shape index (κ1) is 12.8. The molecule has 0 bridgehead atoms. The van der Waals surface area contributed by atoms with Gasteiger partial charge in [0.1, 0.15) is 5.75 Å². The summed E-state index contributed by atoms with van der Waals surface area (Å²) < 4.78 is 0. The molecule has 0 radical (unpaired) electrons. The molecular formula is C17H16O3. The van der Waals surface area contributed by atoms with Crippen LogP contribution in [-0.4, -0.2) is 21.4 Å². The van der Waals surface area contributed by atoms with E-state index in [-0.39, 0.29) is 17.4 Å². The number of rotatable bonds is 1. The Balaban J connectivity index is 2.12. The molecule has 1 aliphatic carbocycles. The fraction of sp³-hybridized carbons (Fsp3) is 0.176. The number of hydrogen-bond acceptors (Lipinski definition) is 3. The molecule has 0 aliphatic heterocycles. The maximum absolute atomic E-state index is 9.92. The summed E-state index contributed by atoms with van der Waals surface area (Å²) in [6.07, 6.45) is 2.69. The van der Waals surface area contributed by atoms with Crippen molar-refractivity contribution in [1.82, 2.24) is 0 Å². The van der Waals surface area contributed by atoms with Crippen molar-refractivity contribution in [1.29, 1.82) is 0 Å². The first-order chi connectivity index (χ1) is 9.56. The number of phenolic OH excluding ortho intramolecular Hbond substituents is 1. The normalized spacial score (nSPS) is 22.5. The standard InChI is InChI=1S/C17H16O3/c1-10-16(19)8-13(9-17(10)20)12-6-5-11-3-2-4-15(18)14(11)7-12/h2-10,16,18-20H,1H3. The highest BCUT2D eigenvalue weighted by molar-refractivity contribution is 5.92. The van der Waals surface area contributed by atoms with Crippen LogP contribution < -0.4 is 0 Å². The summed E-state index contributed by atoms with van der Waals surface area (Å²) in [5, 5.41) is 31.4. The van der Waals surface area contributed by atoms with Crippen LogP contribution in [0.3, 0.4) is 0 Å². The van der Waals surface area contributed by atoms with Crippen LogP contribution in [0.1, 0.15) is 12.5 Å². The molecule has 1 aliphatic rings. The van der Waals surface area contributed by atoms with Crippen LogP contribution >= 0.6 is 0 Å². The maximum atomic E-state index is 9.92. The minimum atomic E-state index is -0.699. The summed E-state index contributed by atoms with van der Waals surface area (Å²) in [5.41, 5.74) is 1.62. The lowest BCUT2D eigenvalue weighted by Gasteiger charge is -2.21. The van der Waals surface area contributed by atoms with Crippen LogP contribution in [0.4, 0.5) is 0 Å². The van der Waals surface area contributed by atoms with E-state index in [9.17, 15) is 15.3 Å². The molecule has 0 saturated heterocycles. The number of aromatic hydroxyl groups is 1. The third kappa shape index (κ3) is 2.06. The van der Waals surface area contributed by atoms with Gasteiger partial charge < -0.3 is 15.3 Å². The van der Waals surface area contributed by atoms with Gasteiger partial charge in [0.05, 0.1) is 11.9 Å². The number of fused-ring (bicyclic) bond motifs is 1. The molecule has 0 heterocycles. The molecule has 3 nitrogen and oxygen atoms in total. The Morgan fingerprint density at radius 2 is 1.85 bits per heavy atom. The second kappa shape index (κ2) is 4.69. The Kier molecular flexibility index (Phi) is 2.99. The molecule has 0 spiro atoms. The quantitative estimate of drug-likeness (QED) is 0.743. The number of allylic oxidation sites excluding steroid dienone is 2. The fourth-order valence-electron chi connectivity index (χ4n) is 2.46. The molecule has 2 atom stereocenters. The maximum Gasteiger partial charge on any atom is 0.123 e. The molecule has 2 aromatic rings. The molecule has 2 aromatic carbocycles. The lowest BCUT2D eigenvalue weighted by molar-refractivity contribution is 0.149. The van der Waals surface area contributed by atoms with Gasteiger partial charge in [-0.3, -0.25) is 0 Å². The molecule has 102 valence electrons. The molecule has 20 heavy (non-hydrogen) atoms. The molecule has 0 saturated carbocycles. The summed E-state index contributed by atoms with van der Waals surface area (Å²) in [6, 6.07) is 11.1. The van der Waals surface area contributed by atoms with Crippen molar-refractivity contribution in [2.75, 3.05) is 0 Å². The molecule has 2 unspecified atom stereocenters. The van der Waals surface area contributed by atoms with E-state index >= 15 is 0 Å². The largest absolute Gasteiger partial charge is 0.512 e. The zero-order valence-electron chi connectivity index (χ0n) is 11.1. The SMILES string of the molecule is CC1C(O)=CC(c2ccc3cccc(O)c3c2)=CC1O. The smallest absolute Gasteiger partial charge is 0.123 e. The van der Waals surface area contributed by atoms with E-state index < -0.39 is 6.10 Å². The van der Waals surface area contributed by atoms with Crippen LogP contribution in [-0.2, 0) is 0 Å². The van der Waals surface area contributed by atoms with Gasteiger partial charge >= 0.3 is 0 Å². The fourth-order valence-corrected chi connectivity index (χ4v) is 2.46. The predicted octanol–water partition coefficient (Wildman–Crippen LogP) is 3.38. The summed E-state index contributed by atoms with van der Waals surface area (Å²) in [6.45, 7) is 1.77. The van der Waals surface area contributed by atoms with Gasteiger partial charge in [-0.1, -0.05) is 31.2 Å². The summed E-state index contributed by atoms with van der Waals surface area (Å²) in [5.74, 6) is 0.114.